The third-order valence-corrected chi connectivity index (χ3v) is 3.93. The molecule has 19 heavy (non-hydrogen) atoms. The first-order chi connectivity index (χ1) is 9.33. The highest BCUT2D eigenvalue weighted by atomic mass is 32.1. The molecule has 2 N–H and O–H groups in total. The molecule has 2 aromatic heterocycles. The smallest absolute Gasteiger partial charge is 0.0798 e. The molecule has 0 saturated heterocycles. The lowest BCUT2D eigenvalue weighted by molar-refractivity contribution is 1.09. The molecule has 0 spiro atoms. The van der Waals surface area contributed by atoms with Gasteiger partial charge in [-0.05, 0) is 30.7 Å². The van der Waals surface area contributed by atoms with Gasteiger partial charge in [0.25, 0.3) is 0 Å². The van der Waals surface area contributed by atoms with Gasteiger partial charge in [-0.2, -0.15) is 5.10 Å². The van der Waals surface area contributed by atoms with Crippen molar-refractivity contribution in [1.29, 1.82) is 0 Å². The number of hydrogen-bond donors (Lipinski definition) is 2. The van der Waals surface area contributed by atoms with E-state index in [0.29, 0.717) is 0 Å². The summed E-state index contributed by atoms with van der Waals surface area (Å²) in [5.41, 5.74) is 6.26. The molecule has 4 nitrogen and oxygen atoms in total. The van der Waals surface area contributed by atoms with Crippen molar-refractivity contribution in [3.05, 3.63) is 52.6 Å². The Bertz CT molecular complexity index is 640. The average molecular weight is 270 g/mol. The van der Waals surface area contributed by atoms with Crippen LogP contribution in [0.3, 0.4) is 0 Å². The lowest BCUT2D eigenvalue weighted by Gasteiger charge is -2.06. The van der Waals surface area contributed by atoms with Crippen molar-refractivity contribution in [3.8, 4) is 11.3 Å². The minimum absolute atomic E-state index is 0.819. The Morgan fingerprint density at radius 1 is 1.21 bits per heavy atom. The van der Waals surface area contributed by atoms with Gasteiger partial charge < -0.3 is 5.32 Å². The molecule has 0 aliphatic carbocycles. The second-order valence-corrected chi connectivity index (χ2v) is 5.20. The molecule has 3 rings (SSSR count). The summed E-state index contributed by atoms with van der Waals surface area (Å²) in [7, 11) is 0. The number of thiazole rings is 1. The van der Waals surface area contributed by atoms with Crippen molar-refractivity contribution in [2.24, 2.45) is 0 Å². The van der Waals surface area contributed by atoms with Crippen LogP contribution in [-0.4, -0.2) is 15.2 Å². The molecule has 0 aliphatic heterocycles. The van der Waals surface area contributed by atoms with Gasteiger partial charge in [0.05, 0.1) is 23.4 Å². The van der Waals surface area contributed by atoms with E-state index in [-0.39, 0.29) is 0 Å². The number of aromatic amines is 1. The van der Waals surface area contributed by atoms with Gasteiger partial charge in [0.2, 0.25) is 0 Å². The third kappa shape index (κ3) is 2.66. The summed E-state index contributed by atoms with van der Waals surface area (Å²) in [6.07, 6.45) is 1.76. The van der Waals surface area contributed by atoms with E-state index in [0.717, 1.165) is 29.2 Å². The maximum Gasteiger partial charge on any atom is 0.0798 e. The number of aromatic nitrogens is 3. The third-order valence-electron chi connectivity index (χ3n) is 2.99. The number of nitrogens with zero attached hydrogens (tertiary/aromatic N) is 2. The van der Waals surface area contributed by atoms with E-state index in [4.69, 9.17) is 0 Å². The molecule has 0 amide bonds. The summed E-state index contributed by atoms with van der Waals surface area (Å²) in [6.45, 7) is 2.86. The maximum absolute atomic E-state index is 4.24. The fourth-order valence-corrected chi connectivity index (χ4v) is 2.58. The standard InChI is InChI=1S/C14H14N4S/c1-10-14(19-9-16-10)8-15-12-4-2-11(3-5-12)13-6-7-17-18-13/h2-7,9,15H,8H2,1H3,(H,17,18). The average Bonchev–Trinajstić information content (AvgIpc) is 3.09. The van der Waals surface area contributed by atoms with Crippen molar-refractivity contribution in [2.45, 2.75) is 13.5 Å². The van der Waals surface area contributed by atoms with E-state index in [1.165, 1.54) is 4.88 Å². The topological polar surface area (TPSA) is 53.6 Å². The maximum atomic E-state index is 4.24. The molecule has 0 fully saturated rings. The normalized spacial score (nSPS) is 10.6. The van der Waals surface area contributed by atoms with Crippen LogP contribution in [0.1, 0.15) is 10.6 Å². The Kier molecular flexibility index (Phi) is 3.29. The molecular weight excluding hydrogens is 256 g/mol. The number of benzene rings is 1. The van der Waals surface area contributed by atoms with Crippen LogP contribution in [0.4, 0.5) is 5.69 Å². The van der Waals surface area contributed by atoms with Crippen LogP contribution in [0.25, 0.3) is 11.3 Å². The van der Waals surface area contributed by atoms with Crippen molar-refractivity contribution in [3.63, 3.8) is 0 Å². The lowest BCUT2D eigenvalue weighted by atomic mass is 10.1. The predicted molar refractivity (Wildman–Crippen MR) is 78.2 cm³/mol. The molecule has 3 aromatic rings. The van der Waals surface area contributed by atoms with E-state index in [1.54, 1.807) is 17.5 Å². The van der Waals surface area contributed by atoms with Gasteiger partial charge in [-0.1, -0.05) is 12.1 Å². The quantitative estimate of drug-likeness (QED) is 0.763. The largest absolute Gasteiger partial charge is 0.380 e. The molecule has 5 heteroatoms. The zero-order chi connectivity index (χ0) is 13.1. The zero-order valence-corrected chi connectivity index (χ0v) is 11.4. The monoisotopic (exact) mass is 270 g/mol. The highest BCUT2D eigenvalue weighted by molar-refractivity contribution is 7.09. The molecule has 0 atom stereocenters. The fourth-order valence-electron chi connectivity index (χ4n) is 1.86. The van der Waals surface area contributed by atoms with Gasteiger partial charge in [-0.3, -0.25) is 5.10 Å². The summed E-state index contributed by atoms with van der Waals surface area (Å²) in [5.74, 6) is 0. The first kappa shape index (κ1) is 11.9. The van der Waals surface area contributed by atoms with Gasteiger partial charge in [-0.25, -0.2) is 4.98 Å². The molecule has 0 saturated carbocycles. The molecule has 2 heterocycles. The van der Waals surface area contributed by atoms with Crippen molar-refractivity contribution in [2.75, 3.05) is 5.32 Å². The minimum Gasteiger partial charge on any atom is -0.380 e. The van der Waals surface area contributed by atoms with Gasteiger partial charge in [0.15, 0.2) is 0 Å². The summed E-state index contributed by atoms with van der Waals surface area (Å²) in [6, 6.07) is 10.3. The number of hydrogen-bond acceptors (Lipinski definition) is 4. The Hall–Kier alpha value is -2.14. The minimum atomic E-state index is 0.819. The van der Waals surface area contributed by atoms with E-state index < -0.39 is 0 Å². The highest BCUT2D eigenvalue weighted by Gasteiger charge is 2.02. The molecule has 96 valence electrons. The van der Waals surface area contributed by atoms with Crippen molar-refractivity contribution >= 4 is 17.0 Å². The van der Waals surface area contributed by atoms with Crippen molar-refractivity contribution in [1.82, 2.24) is 15.2 Å². The molecular formula is C14H14N4S. The van der Waals surface area contributed by atoms with Gasteiger partial charge >= 0.3 is 0 Å². The summed E-state index contributed by atoms with van der Waals surface area (Å²) < 4.78 is 0. The summed E-state index contributed by atoms with van der Waals surface area (Å²) in [5, 5.41) is 10.3. The number of anilines is 1. The fraction of sp³-hybridized carbons (Fsp3) is 0.143. The van der Waals surface area contributed by atoms with Crippen LogP contribution in [0, 0.1) is 6.92 Å². The summed E-state index contributed by atoms with van der Waals surface area (Å²) in [4.78, 5) is 5.52. The van der Waals surface area contributed by atoms with Crippen LogP contribution >= 0.6 is 11.3 Å². The molecule has 0 unspecified atom stereocenters. The predicted octanol–water partition coefficient (Wildman–Crippen LogP) is 3.45. The molecule has 1 aromatic carbocycles. The van der Waals surface area contributed by atoms with Crippen molar-refractivity contribution < 1.29 is 0 Å². The van der Waals surface area contributed by atoms with Crippen LogP contribution in [0.15, 0.2) is 42.0 Å². The van der Waals surface area contributed by atoms with E-state index in [9.17, 15) is 0 Å². The van der Waals surface area contributed by atoms with Crippen LogP contribution in [0.2, 0.25) is 0 Å². The van der Waals surface area contributed by atoms with Gasteiger partial charge in [-0.15, -0.1) is 11.3 Å². The van der Waals surface area contributed by atoms with Crippen LogP contribution < -0.4 is 5.32 Å². The second-order valence-electron chi connectivity index (χ2n) is 4.26. The molecule has 0 radical (unpaired) electrons. The Balaban J connectivity index is 1.68. The lowest BCUT2D eigenvalue weighted by Crippen LogP contribution is -1.98. The first-order valence-corrected chi connectivity index (χ1v) is 6.93. The Labute approximate surface area is 115 Å². The number of H-pyrrole nitrogens is 1. The number of aryl methyl sites for hydroxylation is 1. The van der Waals surface area contributed by atoms with Gasteiger partial charge in [0, 0.05) is 16.8 Å². The van der Waals surface area contributed by atoms with Crippen LogP contribution in [-0.2, 0) is 6.54 Å². The molecule has 0 aliphatic rings. The van der Waals surface area contributed by atoms with E-state index in [2.05, 4.69) is 44.8 Å². The summed E-state index contributed by atoms with van der Waals surface area (Å²) >= 11 is 1.68. The SMILES string of the molecule is Cc1ncsc1CNc1ccc(-c2ccn[nH]2)cc1. The number of rotatable bonds is 4. The zero-order valence-electron chi connectivity index (χ0n) is 10.6. The number of nitrogens with one attached hydrogen (secondary N) is 2. The van der Waals surface area contributed by atoms with E-state index >= 15 is 0 Å². The Morgan fingerprint density at radius 3 is 2.68 bits per heavy atom. The highest BCUT2D eigenvalue weighted by Crippen LogP contribution is 2.20. The van der Waals surface area contributed by atoms with E-state index in [1.807, 2.05) is 18.5 Å². The van der Waals surface area contributed by atoms with Crippen LogP contribution in [0.5, 0.6) is 0 Å². The Morgan fingerprint density at radius 2 is 2.05 bits per heavy atom. The molecule has 0 bridgehead atoms. The second kappa shape index (κ2) is 5.24. The first-order valence-electron chi connectivity index (χ1n) is 6.05. The van der Waals surface area contributed by atoms with Gasteiger partial charge in [0.1, 0.15) is 0 Å².